The number of para-hydroxylation sites is 1. The second-order valence-corrected chi connectivity index (χ2v) is 5.39. The maximum atomic E-state index is 11.4. The van der Waals surface area contributed by atoms with Crippen molar-refractivity contribution in [1.29, 1.82) is 0 Å². The Morgan fingerprint density at radius 3 is 2.63 bits per heavy atom. The zero-order valence-corrected chi connectivity index (χ0v) is 12.0. The smallest absolute Gasteiger partial charge is 0.407 e. The molecule has 1 rings (SSSR count). The Hall–Kier alpha value is -1.91. The van der Waals surface area contributed by atoms with Crippen molar-refractivity contribution >= 4 is 17.5 Å². The van der Waals surface area contributed by atoms with Crippen molar-refractivity contribution in [1.82, 2.24) is 5.32 Å². The monoisotopic (exact) mass is 265 g/mol. The first kappa shape index (κ1) is 15.1. The van der Waals surface area contributed by atoms with Crippen molar-refractivity contribution in [2.75, 3.05) is 24.1 Å². The fourth-order valence-corrected chi connectivity index (χ4v) is 1.51. The Morgan fingerprint density at radius 2 is 2.00 bits per heavy atom. The molecule has 0 unspecified atom stereocenters. The van der Waals surface area contributed by atoms with Gasteiger partial charge in [0.2, 0.25) is 0 Å². The van der Waals surface area contributed by atoms with Gasteiger partial charge in [0.05, 0.1) is 11.4 Å². The number of benzene rings is 1. The maximum Gasteiger partial charge on any atom is 0.407 e. The molecule has 0 aliphatic carbocycles. The summed E-state index contributed by atoms with van der Waals surface area (Å²) < 4.78 is 5.13. The fraction of sp³-hybridized carbons (Fsp3) is 0.500. The molecule has 1 aromatic carbocycles. The minimum atomic E-state index is -0.474. The van der Waals surface area contributed by atoms with Crippen LogP contribution in [0, 0.1) is 6.92 Å². The maximum absolute atomic E-state index is 11.4. The van der Waals surface area contributed by atoms with Crippen molar-refractivity contribution in [3.63, 3.8) is 0 Å². The number of rotatable bonds is 4. The largest absolute Gasteiger partial charge is 0.444 e. The molecule has 1 amide bonds. The normalized spacial score (nSPS) is 10.9. The van der Waals surface area contributed by atoms with Crippen LogP contribution in [0.15, 0.2) is 18.2 Å². The Bertz CT molecular complexity index is 439. The number of nitrogen functional groups attached to an aromatic ring is 1. The topological polar surface area (TPSA) is 76.4 Å². The van der Waals surface area contributed by atoms with Crippen LogP contribution in [0.5, 0.6) is 0 Å². The van der Waals surface area contributed by atoms with Crippen LogP contribution in [0.2, 0.25) is 0 Å². The molecule has 0 saturated heterocycles. The van der Waals surface area contributed by atoms with E-state index < -0.39 is 11.7 Å². The summed E-state index contributed by atoms with van der Waals surface area (Å²) in [5, 5.41) is 5.86. The summed E-state index contributed by atoms with van der Waals surface area (Å²) in [7, 11) is 0. The second-order valence-electron chi connectivity index (χ2n) is 5.39. The van der Waals surface area contributed by atoms with E-state index in [9.17, 15) is 4.79 Å². The number of hydrogen-bond donors (Lipinski definition) is 3. The van der Waals surface area contributed by atoms with E-state index in [1.807, 2.05) is 45.9 Å². The van der Waals surface area contributed by atoms with E-state index in [2.05, 4.69) is 10.6 Å². The number of ether oxygens (including phenoxy) is 1. The van der Waals surface area contributed by atoms with E-state index in [0.717, 1.165) is 16.9 Å². The minimum absolute atomic E-state index is 0.411. The molecule has 0 aliphatic heterocycles. The van der Waals surface area contributed by atoms with Gasteiger partial charge in [-0.3, -0.25) is 0 Å². The van der Waals surface area contributed by atoms with E-state index in [4.69, 9.17) is 10.5 Å². The van der Waals surface area contributed by atoms with Gasteiger partial charge in [-0.25, -0.2) is 4.79 Å². The Morgan fingerprint density at radius 1 is 1.32 bits per heavy atom. The lowest BCUT2D eigenvalue weighted by molar-refractivity contribution is 0.0530. The Labute approximate surface area is 114 Å². The summed E-state index contributed by atoms with van der Waals surface area (Å²) in [5.74, 6) is 0. The van der Waals surface area contributed by atoms with Gasteiger partial charge in [0.15, 0.2) is 0 Å². The molecule has 0 bridgehead atoms. The number of aryl methyl sites for hydroxylation is 1. The molecule has 0 spiro atoms. The highest BCUT2D eigenvalue weighted by Crippen LogP contribution is 2.21. The van der Waals surface area contributed by atoms with Crippen LogP contribution in [0.3, 0.4) is 0 Å². The Balaban J connectivity index is 2.32. The summed E-state index contributed by atoms with van der Waals surface area (Å²) in [6, 6.07) is 5.81. The van der Waals surface area contributed by atoms with Crippen LogP contribution in [-0.4, -0.2) is 24.8 Å². The minimum Gasteiger partial charge on any atom is -0.444 e. The van der Waals surface area contributed by atoms with Crippen LogP contribution in [0.4, 0.5) is 16.2 Å². The lowest BCUT2D eigenvalue weighted by Gasteiger charge is -2.19. The summed E-state index contributed by atoms with van der Waals surface area (Å²) in [5.41, 5.74) is 8.11. The van der Waals surface area contributed by atoms with Crippen LogP contribution in [-0.2, 0) is 4.74 Å². The predicted molar refractivity (Wildman–Crippen MR) is 78.3 cm³/mol. The van der Waals surface area contributed by atoms with E-state index in [1.165, 1.54) is 0 Å². The van der Waals surface area contributed by atoms with Crippen LogP contribution in [0.1, 0.15) is 26.3 Å². The highest BCUT2D eigenvalue weighted by atomic mass is 16.6. The fourth-order valence-electron chi connectivity index (χ4n) is 1.51. The molecular formula is C14H23N3O2. The third-order valence-corrected chi connectivity index (χ3v) is 2.43. The van der Waals surface area contributed by atoms with E-state index in [-0.39, 0.29) is 0 Å². The van der Waals surface area contributed by atoms with Crippen molar-refractivity contribution in [2.24, 2.45) is 0 Å². The lowest BCUT2D eigenvalue weighted by Crippen LogP contribution is -2.35. The number of hydrogen-bond acceptors (Lipinski definition) is 4. The van der Waals surface area contributed by atoms with Gasteiger partial charge in [0, 0.05) is 13.1 Å². The number of anilines is 2. The average Bonchev–Trinajstić information content (AvgIpc) is 2.27. The molecule has 0 heterocycles. The van der Waals surface area contributed by atoms with Gasteiger partial charge >= 0.3 is 6.09 Å². The van der Waals surface area contributed by atoms with Crippen molar-refractivity contribution in [2.45, 2.75) is 33.3 Å². The molecule has 0 aromatic heterocycles. The van der Waals surface area contributed by atoms with Crippen molar-refractivity contribution < 1.29 is 9.53 Å². The van der Waals surface area contributed by atoms with E-state index in [1.54, 1.807) is 0 Å². The summed E-state index contributed by atoms with van der Waals surface area (Å²) in [6.45, 7) is 8.52. The van der Waals surface area contributed by atoms with Gasteiger partial charge in [0.25, 0.3) is 0 Å². The average molecular weight is 265 g/mol. The van der Waals surface area contributed by atoms with Gasteiger partial charge < -0.3 is 21.1 Å². The highest BCUT2D eigenvalue weighted by molar-refractivity contribution is 5.70. The van der Waals surface area contributed by atoms with Crippen LogP contribution >= 0.6 is 0 Å². The molecule has 4 N–H and O–H groups in total. The molecule has 106 valence electrons. The van der Waals surface area contributed by atoms with Gasteiger partial charge in [-0.05, 0) is 39.3 Å². The zero-order valence-electron chi connectivity index (χ0n) is 12.0. The number of alkyl carbamates (subject to hydrolysis) is 1. The number of carbonyl (C=O) groups is 1. The first-order valence-corrected chi connectivity index (χ1v) is 6.35. The molecule has 0 radical (unpaired) electrons. The second kappa shape index (κ2) is 6.31. The molecule has 0 atom stereocenters. The SMILES string of the molecule is Cc1cccc(NCCNC(=O)OC(C)(C)C)c1N. The van der Waals surface area contributed by atoms with E-state index in [0.29, 0.717) is 13.1 Å². The molecule has 5 nitrogen and oxygen atoms in total. The van der Waals surface area contributed by atoms with Gasteiger partial charge in [-0.2, -0.15) is 0 Å². The standard InChI is InChI=1S/C14H23N3O2/c1-10-6-5-7-11(12(10)15)16-8-9-17-13(18)19-14(2,3)4/h5-7,16H,8-9,15H2,1-4H3,(H,17,18). The number of amides is 1. The molecule has 0 fully saturated rings. The molecule has 19 heavy (non-hydrogen) atoms. The number of nitrogens with one attached hydrogen (secondary N) is 2. The van der Waals surface area contributed by atoms with Crippen molar-refractivity contribution in [3.05, 3.63) is 23.8 Å². The molecule has 0 aliphatic rings. The van der Waals surface area contributed by atoms with Gasteiger partial charge in [-0.1, -0.05) is 12.1 Å². The lowest BCUT2D eigenvalue weighted by atomic mass is 10.2. The summed E-state index contributed by atoms with van der Waals surface area (Å²) in [6.07, 6.45) is -0.411. The third kappa shape index (κ3) is 5.50. The first-order valence-electron chi connectivity index (χ1n) is 6.35. The van der Waals surface area contributed by atoms with Crippen molar-refractivity contribution in [3.8, 4) is 0 Å². The summed E-state index contributed by atoms with van der Waals surface area (Å²) in [4.78, 5) is 11.4. The molecule has 1 aromatic rings. The molecular weight excluding hydrogens is 242 g/mol. The molecule has 5 heteroatoms. The first-order chi connectivity index (χ1) is 8.79. The summed E-state index contributed by atoms with van der Waals surface area (Å²) >= 11 is 0. The predicted octanol–water partition coefficient (Wildman–Crippen LogP) is 2.51. The zero-order chi connectivity index (χ0) is 14.5. The van der Waals surface area contributed by atoms with Crippen LogP contribution in [0.25, 0.3) is 0 Å². The third-order valence-electron chi connectivity index (χ3n) is 2.43. The molecule has 0 saturated carbocycles. The Kier molecular flexibility index (Phi) is 5.03. The van der Waals surface area contributed by atoms with Crippen LogP contribution < -0.4 is 16.4 Å². The van der Waals surface area contributed by atoms with Gasteiger partial charge in [-0.15, -0.1) is 0 Å². The van der Waals surface area contributed by atoms with Gasteiger partial charge in [0.1, 0.15) is 5.60 Å². The van der Waals surface area contributed by atoms with E-state index >= 15 is 0 Å². The number of carbonyl (C=O) groups excluding carboxylic acids is 1. The number of nitrogens with two attached hydrogens (primary N) is 1. The quantitative estimate of drug-likeness (QED) is 0.577. The highest BCUT2D eigenvalue weighted by Gasteiger charge is 2.15.